The molecule has 13 heteroatoms. The summed E-state index contributed by atoms with van der Waals surface area (Å²) in [6.45, 7) is 0.401. The number of H-pyrrole nitrogens is 1. The van der Waals surface area contributed by atoms with E-state index >= 15 is 0 Å². The van der Waals surface area contributed by atoms with Crippen LogP contribution in [-0.4, -0.2) is 52.2 Å². The zero-order chi connectivity index (χ0) is 30.3. The number of benzene rings is 1. The zero-order valence-corrected chi connectivity index (χ0v) is 24.0. The number of carbonyl (C=O) groups excluding carboxylic acids is 1. The Morgan fingerprint density at radius 1 is 1.11 bits per heavy atom. The van der Waals surface area contributed by atoms with Gasteiger partial charge in [-0.1, -0.05) is 35.3 Å². The first-order chi connectivity index (χ1) is 21.6. The summed E-state index contributed by atoms with van der Waals surface area (Å²) in [5.41, 5.74) is 3.93. The molecule has 1 aromatic carbocycles. The fourth-order valence-electron chi connectivity index (χ4n) is 5.19. The highest BCUT2D eigenvalue weighted by Crippen LogP contribution is 2.31. The van der Waals surface area contributed by atoms with E-state index in [1.165, 1.54) is 6.20 Å². The van der Waals surface area contributed by atoms with Gasteiger partial charge in [0.1, 0.15) is 29.6 Å². The largest absolute Gasteiger partial charge is 0.530 e. The second-order valence-electron chi connectivity index (χ2n) is 10.5. The molecular formula is C31H29N12O+. The molecule has 2 N–H and O–H groups in total. The van der Waals surface area contributed by atoms with Crippen LogP contribution in [0, 0.1) is 23.3 Å². The standard InChI is InChI=1S/C31H28N12O/c1-42-20-24(19-37-42)26-11-12-28(41-40-26)43(31(44)35-17-21-5-3-2-4-6-21)25-9-7-22(8-10-25)16-33-30-34-18-23(15-32)29(38-30)27-13-14-36-39-27/h2-6,11-14,18-20,22,25H,7-10,17H2,1H3,(H-,34,35,36,38,39,44)/p+1. The Kier molecular flexibility index (Phi) is 8.27. The van der Waals surface area contributed by atoms with Crippen LogP contribution in [0.25, 0.3) is 27.5 Å². The SMILES string of the molecule is Cn1cc(-c2ccc(N(C(=O)NCc3ccccc3)C3CCC(C#[N+]c4ncc(C#N)c(-c5ccn[nH]5)n4)CC3)nn2)cn1. The molecule has 44 heavy (non-hydrogen) atoms. The number of hydrogen-bond acceptors (Lipinski definition) is 8. The van der Waals surface area contributed by atoms with Gasteiger partial charge in [0.15, 0.2) is 11.5 Å². The third-order valence-electron chi connectivity index (χ3n) is 7.46. The molecule has 2 amide bonds. The van der Waals surface area contributed by atoms with Crippen molar-refractivity contribution in [2.24, 2.45) is 13.0 Å². The molecule has 4 heterocycles. The summed E-state index contributed by atoms with van der Waals surface area (Å²) in [6.07, 6.45) is 9.63. The maximum Gasteiger partial charge on any atom is 0.530 e. The highest BCUT2D eigenvalue weighted by Gasteiger charge is 2.31. The molecule has 1 aliphatic rings. The van der Waals surface area contributed by atoms with E-state index in [0.717, 1.165) is 36.8 Å². The Morgan fingerprint density at radius 3 is 2.64 bits per heavy atom. The number of aromatic amines is 1. The van der Waals surface area contributed by atoms with Gasteiger partial charge in [0, 0.05) is 37.6 Å². The predicted molar refractivity (Wildman–Crippen MR) is 162 cm³/mol. The van der Waals surface area contributed by atoms with E-state index < -0.39 is 0 Å². The molecule has 0 unspecified atom stereocenters. The van der Waals surface area contributed by atoms with Crippen molar-refractivity contribution in [3.8, 4) is 34.8 Å². The summed E-state index contributed by atoms with van der Waals surface area (Å²) >= 11 is 0. The number of nitrogens with zero attached hydrogens (tertiary/aromatic N) is 10. The van der Waals surface area contributed by atoms with Crippen molar-refractivity contribution in [3.63, 3.8) is 0 Å². The van der Waals surface area contributed by atoms with E-state index in [0.29, 0.717) is 35.0 Å². The van der Waals surface area contributed by atoms with Gasteiger partial charge in [0.2, 0.25) is 0 Å². The second-order valence-corrected chi connectivity index (χ2v) is 10.5. The Labute approximate surface area is 253 Å². The lowest BCUT2D eigenvalue weighted by molar-refractivity contribution is 0.239. The number of nitriles is 1. The normalized spacial score (nSPS) is 15.9. The summed E-state index contributed by atoms with van der Waals surface area (Å²) in [7, 11) is 1.85. The summed E-state index contributed by atoms with van der Waals surface area (Å²) in [4.78, 5) is 28.4. The maximum atomic E-state index is 13.6. The molecule has 5 aromatic rings. The van der Waals surface area contributed by atoms with Crippen molar-refractivity contribution in [1.82, 2.24) is 45.5 Å². The van der Waals surface area contributed by atoms with Crippen LogP contribution in [0.15, 0.2) is 73.3 Å². The van der Waals surface area contributed by atoms with E-state index in [1.54, 1.807) is 28.0 Å². The van der Waals surface area contributed by atoms with Crippen LogP contribution in [0.1, 0.15) is 36.8 Å². The van der Waals surface area contributed by atoms with Gasteiger partial charge < -0.3 is 5.32 Å². The number of anilines is 1. The highest BCUT2D eigenvalue weighted by atomic mass is 16.2. The number of carbonyl (C=O) groups is 1. The number of aryl methyl sites for hydroxylation is 1. The highest BCUT2D eigenvalue weighted by molar-refractivity contribution is 5.91. The first-order valence-electron chi connectivity index (χ1n) is 14.2. The zero-order valence-electron chi connectivity index (χ0n) is 24.0. The van der Waals surface area contributed by atoms with Crippen LogP contribution >= 0.6 is 0 Å². The molecule has 0 atom stereocenters. The molecule has 0 saturated heterocycles. The summed E-state index contributed by atoms with van der Waals surface area (Å²) < 4.78 is 1.71. The van der Waals surface area contributed by atoms with Gasteiger partial charge >= 0.3 is 12.0 Å². The number of amides is 2. The van der Waals surface area contributed by atoms with E-state index in [9.17, 15) is 10.1 Å². The Bertz CT molecular complexity index is 1820. The van der Waals surface area contributed by atoms with E-state index in [-0.39, 0.29) is 23.9 Å². The van der Waals surface area contributed by atoms with Crippen LogP contribution in [0.3, 0.4) is 0 Å². The lowest BCUT2D eigenvalue weighted by atomic mass is 9.86. The van der Waals surface area contributed by atoms with Gasteiger partial charge in [-0.2, -0.15) is 20.3 Å². The number of aromatic nitrogens is 8. The minimum Gasteiger partial charge on any atom is -0.334 e. The van der Waals surface area contributed by atoms with Gasteiger partial charge in [-0.05, 0) is 54.4 Å². The van der Waals surface area contributed by atoms with Crippen molar-refractivity contribution in [2.75, 3.05) is 4.90 Å². The van der Waals surface area contributed by atoms with E-state index in [1.807, 2.05) is 55.7 Å². The van der Waals surface area contributed by atoms with E-state index in [4.69, 9.17) is 0 Å². The third kappa shape index (κ3) is 6.42. The second kappa shape index (κ2) is 12.9. The summed E-state index contributed by atoms with van der Waals surface area (Å²) in [5.74, 6) is 0.776. The number of urea groups is 1. The van der Waals surface area contributed by atoms with Gasteiger partial charge in [-0.15, -0.1) is 10.2 Å². The molecule has 0 spiro atoms. The first kappa shape index (κ1) is 28.2. The Hall–Kier alpha value is -5.95. The molecule has 1 saturated carbocycles. The van der Waals surface area contributed by atoms with Crippen LogP contribution in [0.5, 0.6) is 0 Å². The molecule has 0 bridgehead atoms. The van der Waals surface area contributed by atoms with Crippen LogP contribution in [-0.2, 0) is 13.6 Å². The summed E-state index contributed by atoms with van der Waals surface area (Å²) in [5, 5.41) is 32.3. The van der Waals surface area contributed by atoms with Gasteiger partial charge in [0.05, 0.1) is 17.8 Å². The summed E-state index contributed by atoms with van der Waals surface area (Å²) in [6, 6.07) is 20.2. The lowest BCUT2D eigenvalue weighted by Gasteiger charge is -2.34. The molecule has 4 aromatic heterocycles. The monoisotopic (exact) mass is 585 g/mol. The smallest absolute Gasteiger partial charge is 0.334 e. The average Bonchev–Trinajstić information content (AvgIpc) is 3.77. The molecular weight excluding hydrogens is 556 g/mol. The minimum absolute atomic E-state index is 0.0642. The Balaban J connectivity index is 1.17. The van der Waals surface area contributed by atoms with Gasteiger partial charge in [0.25, 0.3) is 0 Å². The van der Waals surface area contributed by atoms with Crippen LogP contribution in [0.2, 0.25) is 0 Å². The van der Waals surface area contributed by atoms with Crippen LogP contribution < -0.4 is 10.2 Å². The number of nitrogens with one attached hydrogen (secondary N) is 2. The lowest BCUT2D eigenvalue weighted by Crippen LogP contribution is -2.48. The molecule has 0 radical (unpaired) electrons. The molecule has 218 valence electrons. The number of hydrogen-bond donors (Lipinski definition) is 2. The van der Waals surface area contributed by atoms with Crippen molar-refractivity contribution >= 4 is 17.8 Å². The van der Waals surface area contributed by atoms with Crippen molar-refractivity contribution < 1.29 is 4.79 Å². The fraction of sp³-hybridized carbons (Fsp3) is 0.258. The van der Waals surface area contributed by atoms with Crippen molar-refractivity contribution in [1.29, 1.82) is 5.26 Å². The molecule has 0 aliphatic heterocycles. The average molecular weight is 586 g/mol. The van der Waals surface area contributed by atoms with Gasteiger partial charge in [-0.25, -0.2) is 4.79 Å². The third-order valence-corrected chi connectivity index (χ3v) is 7.46. The molecule has 13 nitrogen and oxygen atoms in total. The first-order valence-corrected chi connectivity index (χ1v) is 14.2. The predicted octanol–water partition coefficient (Wildman–Crippen LogP) is 4.87. The molecule has 6 rings (SSSR count). The quantitative estimate of drug-likeness (QED) is 0.286. The minimum atomic E-state index is -0.226. The number of rotatable bonds is 6. The van der Waals surface area contributed by atoms with Crippen molar-refractivity contribution in [3.05, 3.63) is 89.3 Å². The van der Waals surface area contributed by atoms with E-state index in [2.05, 4.69) is 57.8 Å². The van der Waals surface area contributed by atoms with Gasteiger partial charge in [-0.3, -0.25) is 14.7 Å². The molecule has 1 aliphatic carbocycles. The fourth-order valence-corrected chi connectivity index (χ4v) is 5.19. The maximum absolute atomic E-state index is 13.6. The topological polar surface area (TPSA) is 159 Å². The molecule has 1 fully saturated rings. The van der Waals surface area contributed by atoms with Crippen molar-refractivity contribution in [2.45, 2.75) is 38.3 Å². The van der Waals surface area contributed by atoms with Crippen LogP contribution in [0.4, 0.5) is 16.6 Å². The Morgan fingerprint density at radius 2 is 1.95 bits per heavy atom.